The van der Waals surface area contributed by atoms with Crippen LogP contribution in [0, 0.1) is 5.92 Å². The number of hydrogen-bond donors (Lipinski definition) is 1. The van der Waals surface area contributed by atoms with Crippen LogP contribution in [0.5, 0.6) is 5.75 Å². The Hall–Kier alpha value is -1.16. The molecule has 18 heavy (non-hydrogen) atoms. The molecule has 2 unspecified atom stereocenters. The van der Waals surface area contributed by atoms with Crippen molar-refractivity contribution in [1.29, 1.82) is 0 Å². The smallest absolute Gasteiger partial charge is 0.248 e. The van der Waals surface area contributed by atoms with Gasteiger partial charge in [-0.1, -0.05) is 18.2 Å². The fourth-order valence-corrected chi connectivity index (χ4v) is 2.35. The Balaban J connectivity index is 1.95. The van der Waals surface area contributed by atoms with E-state index in [4.69, 9.17) is 4.74 Å². The van der Waals surface area contributed by atoms with E-state index in [1.54, 1.807) is 19.1 Å². The zero-order chi connectivity index (χ0) is 13.2. The van der Waals surface area contributed by atoms with E-state index in [-0.39, 0.29) is 18.8 Å². The zero-order valence-electron chi connectivity index (χ0n) is 10.4. The Labute approximate surface area is 106 Å². The second-order valence-electron chi connectivity index (χ2n) is 4.99. The maximum atomic E-state index is 13.0. The zero-order valence-corrected chi connectivity index (χ0v) is 10.4. The van der Waals surface area contributed by atoms with Crippen molar-refractivity contribution < 1.29 is 18.6 Å². The van der Waals surface area contributed by atoms with Gasteiger partial charge in [0.25, 0.3) is 0 Å². The van der Waals surface area contributed by atoms with Gasteiger partial charge in [-0.3, -0.25) is 0 Å². The van der Waals surface area contributed by atoms with E-state index in [9.17, 15) is 13.9 Å². The van der Waals surface area contributed by atoms with Crippen LogP contribution in [0.4, 0.5) is 8.78 Å². The average molecular weight is 256 g/mol. The van der Waals surface area contributed by atoms with Crippen molar-refractivity contribution in [3.05, 3.63) is 29.8 Å². The summed E-state index contributed by atoms with van der Waals surface area (Å²) in [5, 5.41) is 9.58. The molecule has 1 N–H and O–H groups in total. The first-order valence-corrected chi connectivity index (χ1v) is 6.25. The summed E-state index contributed by atoms with van der Waals surface area (Å²) in [6, 6.07) is 7.17. The SMILES string of the molecule is CC(O)c1ccccc1OCC1CCC(F)(F)C1. The third-order valence-electron chi connectivity index (χ3n) is 3.35. The lowest BCUT2D eigenvalue weighted by atomic mass is 10.1. The summed E-state index contributed by atoms with van der Waals surface area (Å²) in [5.41, 5.74) is 0.697. The van der Waals surface area contributed by atoms with Crippen molar-refractivity contribution in [3.63, 3.8) is 0 Å². The molecule has 1 aliphatic rings. The molecule has 0 aliphatic heterocycles. The molecule has 4 heteroatoms. The number of halogens is 2. The molecule has 0 radical (unpaired) electrons. The van der Waals surface area contributed by atoms with E-state index in [1.807, 2.05) is 12.1 Å². The number of alkyl halides is 2. The molecule has 2 rings (SSSR count). The van der Waals surface area contributed by atoms with E-state index in [0.29, 0.717) is 24.3 Å². The second-order valence-corrected chi connectivity index (χ2v) is 4.99. The van der Waals surface area contributed by atoms with Crippen molar-refractivity contribution in [2.75, 3.05) is 6.61 Å². The normalized spacial score (nSPS) is 23.9. The highest BCUT2D eigenvalue weighted by atomic mass is 19.3. The van der Waals surface area contributed by atoms with E-state index in [0.717, 1.165) is 0 Å². The molecular weight excluding hydrogens is 238 g/mol. The Morgan fingerprint density at radius 1 is 1.44 bits per heavy atom. The van der Waals surface area contributed by atoms with Gasteiger partial charge < -0.3 is 9.84 Å². The standard InChI is InChI=1S/C14H18F2O2/c1-10(17)12-4-2-3-5-13(12)18-9-11-6-7-14(15,16)8-11/h2-5,10-11,17H,6-9H2,1H3. The highest BCUT2D eigenvalue weighted by Gasteiger charge is 2.39. The van der Waals surface area contributed by atoms with Crippen LogP contribution in [0.3, 0.4) is 0 Å². The largest absolute Gasteiger partial charge is 0.493 e. The van der Waals surface area contributed by atoms with Gasteiger partial charge in [-0.05, 0) is 25.3 Å². The summed E-state index contributed by atoms with van der Waals surface area (Å²) in [4.78, 5) is 0. The number of aliphatic hydroxyl groups excluding tert-OH is 1. The number of benzene rings is 1. The summed E-state index contributed by atoms with van der Waals surface area (Å²) in [7, 11) is 0. The monoisotopic (exact) mass is 256 g/mol. The molecular formula is C14H18F2O2. The highest BCUT2D eigenvalue weighted by Crippen LogP contribution is 2.39. The summed E-state index contributed by atoms with van der Waals surface area (Å²) in [5.74, 6) is -2.04. The molecule has 1 fully saturated rings. The Morgan fingerprint density at radius 2 is 2.17 bits per heavy atom. The molecule has 0 amide bonds. The number of rotatable bonds is 4. The lowest BCUT2D eigenvalue weighted by Crippen LogP contribution is -2.14. The van der Waals surface area contributed by atoms with Gasteiger partial charge in [0.2, 0.25) is 5.92 Å². The van der Waals surface area contributed by atoms with Crippen LogP contribution < -0.4 is 4.74 Å². The molecule has 1 aromatic rings. The molecule has 1 aromatic carbocycles. The lowest BCUT2D eigenvalue weighted by molar-refractivity contribution is 0.00285. The predicted molar refractivity (Wildman–Crippen MR) is 64.9 cm³/mol. The van der Waals surface area contributed by atoms with Crippen molar-refractivity contribution in [2.45, 2.75) is 38.2 Å². The van der Waals surface area contributed by atoms with E-state index >= 15 is 0 Å². The Kier molecular flexibility index (Phi) is 3.85. The van der Waals surface area contributed by atoms with Crippen molar-refractivity contribution in [3.8, 4) is 5.75 Å². The van der Waals surface area contributed by atoms with Crippen LogP contribution >= 0.6 is 0 Å². The lowest BCUT2D eigenvalue weighted by Gasteiger charge is -2.16. The number of para-hydroxylation sites is 1. The summed E-state index contributed by atoms with van der Waals surface area (Å²) in [6.45, 7) is 1.95. The minimum atomic E-state index is -2.53. The summed E-state index contributed by atoms with van der Waals surface area (Å²) in [6.07, 6.45) is -0.251. The van der Waals surface area contributed by atoms with Gasteiger partial charge >= 0.3 is 0 Å². The second kappa shape index (κ2) is 5.22. The predicted octanol–water partition coefficient (Wildman–Crippen LogP) is 3.55. The third kappa shape index (κ3) is 3.19. The van der Waals surface area contributed by atoms with Crippen molar-refractivity contribution in [2.24, 2.45) is 5.92 Å². The van der Waals surface area contributed by atoms with E-state index in [2.05, 4.69) is 0 Å². The Bertz CT molecular complexity index is 405. The first-order valence-electron chi connectivity index (χ1n) is 6.25. The van der Waals surface area contributed by atoms with Gasteiger partial charge in [-0.2, -0.15) is 0 Å². The highest BCUT2D eigenvalue weighted by molar-refractivity contribution is 5.34. The van der Waals surface area contributed by atoms with Crippen LogP contribution in [0.1, 0.15) is 37.9 Å². The van der Waals surface area contributed by atoms with E-state index in [1.165, 1.54) is 0 Å². The molecule has 1 aliphatic carbocycles. The maximum absolute atomic E-state index is 13.0. The number of aliphatic hydroxyl groups is 1. The first kappa shape index (κ1) is 13.3. The van der Waals surface area contributed by atoms with Gasteiger partial charge in [0, 0.05) is 18.4 Å². The number of ether oxygens (including phenoxy) is 1. The maximum Gasteiger partial charge on any atom is 0.248 e. The molecule has 0 bridgehead atoms. The molecule has 2 atom stereocenters. The van der Waals surface area contributed by atoms with E-state index < -0.39 is 12.0 Å². The van der Waals surface area contributed by atoms with Gasteiger partial charge in [0.1, 0.15) is 5.75 Å². The number of hydrogen-bond acceptors (Lipinski definition) is 2. The molecule has 0 saturated heterocycles. The molecule has 0 aromatic heterocycles. The van der Waals surface area contributed by atoms with Gasteiger partial charge in [-0.25, -0.2) is 8.78 Å². The third-order valence-corrected chi connectivity index (χ3v) is 3.35. The Morgan fingerprint density at radius 3 is 2.78 bits per heavy atom. The summed E-state index contributed by atoms with van der Waals surface area (Å²) >= 11 is 0. The van der Waals surface area contributed by atoms with Crippen molar-refractivity contribution >= 4 is 0 Å². The molecule has 0 heterocycles. The molecule has 100 valence electrons. The van der Waals surface area contributed by atoms with Crippen molar-refractivity contribution in [1.82, 2.24) is 0 Å². The van der Waals surface area contributed by atoms with Crippen LogP contribution in [0.2, 0.25) is 0 Å². The average Bonchev–Trinajstić information content (AvgIpc) is 2.66. The fraction of sp³-hybridized carbons (Fsp3) is 0.571. The topological polar surface area (TPSA) is 29.5 Å². The molecule has 2 nitrogen and oxygen atoms in total. The quantitative estimate of drug-likeness (QED) is 0.892. The fourth-order valence-electron chi connectivity index (χ4n) is 2.35. The van der Waals surface area contributed by atoms with Crippen LogP contribution in [-0.2, 0) is 0 Å². The summed E-state index contributed by atoms with van der Waals surface area (Å²) < 4.78 is 31.6. The minimum absolute atomic E-state index is 0.0426. The molecule has 1 saturated carbocycles. The van der Waals surface area contributed by atoms with Gasteiger partial charge in [0.05, 0.1) is 12.7 Å². The minimum Gasteiger partial charge on any atom is -0.493 e. The van der Waals surface area contributed by atoms with Crippen LogP contribution in [-0.4, -0.2) is 17.6 Å². The van der Waals surface area contributed by atoms with Crippen LogP contribution in [0.15, 0.2) is 24.3 Å². The van der Waals surface area contributed by atoms with Crippen LogP contribution in [0.25, 0.3) is 0 Å². The first-order chi connectivity index (χ1) is 8.48. The van der Waals surface area contributed by atoms with Gasteiger partial charge in [-0.15, -0.1) is 0 Å². The molecule has 0 spiro atoms. The van der Waals surface area contributed by atoms with Gasteiger partial charge in [0.15, 0.2) is 0 Å².